The molecule has 0 aliphatic carbocycles. The first-order chi connectivity index (χ1) is 7.68. The van der Waals surface area contributed by atoms with E-state index in [1.807, 2.05) is 12.1 Å². The van der Waals surface area contributed by atoms with E-state index < -0.39 is 0 Å². The van der Waals surface area contributed by atoms with E-state index in [1.165, 1.54) is 19.3 Å². The zero-order valence-corrected chi connectivity index (χ0v) is 9.98. The van der Waals surface area contributed by atoms with Crippen LogP contribution in [0.5, 0.6) is 0 Å². The van der Waals surface area contributed by atoms with Crippen LogP contribution in [0.2, 0.25) is 0 Å². The molecule has 1 fully saturated rings. The number of piperidine rings is 1. The van der Waals surface area contributed by atoms with Crippen molar-refractivity contribution < 1.29 is 0 Å². The molecule has 1 aliphatic heterocycles. The molecule has 0 aromatic carbocycles. The number of hydrogen-bond donors (Lipinski definition) is 2. The average Bonchev–Trinajstić information content (AvgIpc) is 2.26. The van der Waals surface area contributed by atoms with Gasteiger partial charge in [-0.1, -0.05) is 6.42 Å². The van der Waals surface area contributed by atoms with Crippen molar-refractivity contribution in [2.24, 2.45) is 0 Å². The Kier molecular flexibility index (Phi) is 3.29. The van der Waals surface area contributed by atoms with Gasteiger partial charge < -0.3 is 11.2 Å². The minimum Gasteiger partial charge on any atom is -0.382 e. The first-order valence-electron chi connectivity index (χ1n) is 5.94. The average molecular weight is 220 g/mol. The van der Waals surface area contributed by atoms with Crippen LogP contribution in [-0.4, -0.2) is 22.1 Å². The SMILES string of the molecule is CC1CCCC(C)N1Nc1cccnc1N. The van der Waals surface area contributed by atoms with Crippen LogP contribution in [-0.2, 0) is 0 Å². The molecule has 1 aromatic heterocycles. The largest absolute Gasteiger partial charge is 0.382 e. The minimum atomic E-state index is 0.545. The van der Waals surface area contributed by atoms with Crippen molar-refractivity contribution in [1.29, 1.82) is 0 Å². The Bertz CT molecular complexity index is 343. The Morgan fingerprint density at radius 3 is 2.69 bits per heavy atom. The van der Waals surface area contributed by atoms with Gasteiger partial charge in [-0.3, -0.25) is 0 Å². The molecule has 3 N–H and O–H groups in total. The van der Waals surface area contributed by atoms with E-state index in [1.54, 1.807) is 6.20 Å². The van der Waals surface area contributed by atoms with Gasteiger partial charge in [-0.05, 0) is 38.8 Å². The van der Waals surface area contributed by atoms with Gasteiger partial charge in [0.2, 0.25) is 0 Å². The number of rotatable bonds is 2. The molecule has 0 saturated carbocycles. The molecule has 88 valence electrons. The van der Waals surface area contributed by atoms with E-state index in [0.29, 0.717) is 17.9 Å². The number of hydrogen-bond acceptors (Lipinski definition) is 4. The third-order valence-electron chi connectivity index (χ3n) is 3.28. The highest BCUT2D eigenvalue weighted by atomic mass is 15.5. The summed E-state index contributed by atoms with van der Waals surface area (Å²) < 4.78 is 0. The maximum Gasteiger partial charge on any atom is 0.148 e. The van der Waals surface area contributed by atoms with E-state index in [-0.39, 0.29) is 0 Å². The van der Waals surface area contributed by atoms with Crippen LogP contribution in [0.3, 0.4) is 0 Å². The lowest BCUT2D eigenvalue weighted by atomic mass is 10.00. The highest BCUT2D eigenvalue weighted by Gasteiger charge is 2.24. The maximum absolute atomic E-state index is 5.83. The molecule has 1 aliphatic rings. The first kappa shape index (κ1) is 11.2. The van der Waals surface area contributed by atoms with Crippen LogP contribution in [0.15, 0.2) is 18.3 Å². The predicted octanol–water partition coefficient (Wildman–Crippen LogP) is 2.25. The summed E-state index contributed by atoms with van der Waals surface area (Å²) in [6.45, 7) is 4.49. The topological polar surface area (TPSA) is 54.2 Å². The quantitative estimate of drug-likeness (QED) is 0.802. The number of nitrogens with one attached hydrogen (secondary N) is 1. The zero-order chi connectivity index (χ0) is 11.5. The van der Waals surface area contributed by atoms with Gasteiger partial charge in [0, 0.05) is 18.3 Å². The standard InChI is InChI=1S/C12H20N4/c1-9-5-3-6-10(2)16(9)15-11-7-4-8-14-12(11)13/h4,7-10,15H,3,5-6H2,1-2H3,(H2,13,14). The number of nitrogen functional groups attached to an aromatic ring is 1. The normalized spacial score (nSPS) is 26.6. The number of nitrogens with zero attached hydrogens (tertiary/aromatic N) is 2. The number of aromatic nitrogens is 1. The van der Waals surface area contributed by atoms with Crippen LogP contribution in [0.1, 0.15) is 33.1 Å². The van der Waals surface area contributed by atoms with Crippen LogP contribution >= 0.6 is 0 Å². The fourth-order valence-corrected chi connectivity index (χ4v) is 2.29. The molecule has 2 unspecified atom stereocenters. The minimum absolute atomic E-state index is 0.545. The second-order valence-electron chi connectivity index (χ2n) is 4.58. The van der Waals surface area contributed by atoms with E-state index >= 15 is 0 Å². The van der Waals surface area contributed by atoms with Gasteiger partial charge >= 0.3 is 0 Å². The smallest absolute Gasteiger partial charge is 0.148 e. The van der Waals surface area contributed by atoms with Gasteiger partial charge in [-0.2, -0.15) is 0 Å². The second kappa shape index (κ2) is 4.70. The van der Waals surface area contributed by atoms with Crippen molar-refractivity contribution in [3.63, 3.8) is 0 Å². The van der Waals surface area contributed by atoms with Gasteiger partial charge in [0.1, 0.15) is 5.82 Å². The summed E-state index contributed by atoms with van der Waals surface area (Å²) in [6.07, 6.45) is 5.49. The lowest BCUT2D eigenvalue weighted by Crippen LogP contribution is -2.47. The molecule has 2 heterocycles. The molecule has 4 heteroatoms. The maximum atomic E-state index is 5.83. The van der Waals surface area contributed by atoms with E-state index in [2.05, 4.69) is 29.3 Å². The van der Waals surface area contributed by atoms with E-state index in [0.717, 1.165) is 5.69 Å². The summed E-state index contributed by atoms with van der Waals surface area (Å²) in [5.74, 6) is 0.562. The monoisotopic (exact) mass is 220 g/mol. The summed E-state index contributed by atoms with van der Waals surface area (Å²) in [5.41, 5.74) is 10.1. The number of nitrogens with two attached hydrogens (primary N) is 1. The summed E-state index contributed by atoms with van der Waals surface area (Å²) in [7, 11) is 0. The van der Waals surface area contributed by atoms with Crippen molar-refractivity contribution in [2.75, 3.05) is 11.2 Å². The molecular formula is C12H20N4. The molecule has 0 amide bonds. The fourth-order valence-electron chi connectivity index (χ4n) is 2.29. The summed E-state index contributed by atoms with van der Waals surface area (Å²) in [5, 5.41) is 2.29. The zero-order valence-electron chi connectivity index (χ0n) is 9.98. The number of anilines is 2. The molecule has 4 nitrogen and oxygen atoms in total. The molecule has 1 aromatic rings. The van der Waals surface area contributed by atoms with Gasteiger partial charge in [0.25, 0.3) is 0 Å². The molecule has 16 heavy (non-hydrogen) atoms. The Morgan fingerprint density at radius 2 is 2.06 bits per heavy atom. The highest BCUT2D eigenvalue weighted by molar-refractivity contribution is 5.60. The van der Waals surface area contributed by atoms with Gasteiger partial charge in [0.15, 0.2) is 0 Å². The first-order valence-corrected chi connectivity index (χ1v) is 5.94. The van der Waals surface area contributed by atoms with Crippen LogP contribution in [0.25, 0.3) is 0 Å². The van der Waals surface area contributed by atoms with Gasteiger partial charge in [-0.25, -0.2) is 9.99 Å². The van der Waals surface area contributed by atoms with Crippen molar-refractivity contribution in [1.82, 2.24) is 9.99 Å². The summed E-state index contributed by atoms with van der Waals surface area (Å²) in [6, 6.07) is 4.96. The lowest BCUT2D eigenvalue weighted by Gasteiger charge is -2.39. The fraction of sp³-hybridized carbons (Fsp3) is 0.583. The third-order valence-corrected chi connectivity index (χ3v) is 3.28. The van der Waals surface area contributed by atoms with Gasteiger partial charge in [-0.15, -0.1) is 0 Å². The van der Waals surface area contributed by atoms with Crippen LogP contribution in [0.4, 0.5) is 11.5 Å². The molecule has 2 rings (SSSR count). The Hall–Kier alpha value is -1.29. The Balaban J connectivity index is 2.11. The predicted molar refractivity (Wildman–Crippen MR) is 66.9 cm³/mol. The Morgan fingerprint density at radius 1 is 1.38 bits per heavy atom. The molecular weight excluding hydrogens is 200 g/mol. The van der Waals surface area contributed by atoms with Crippen molar-refractivity contribution >= 4 is 11.5 Å². The Labute approximate surface area is 96.8 Å². The molecule has 0 radical (unpaired) electrons. The highest BCUT2D eigenvalue weighted by Crippen LogP contribution is 2.24. The van der Waals surface area contributed by atoms with Crippen LogP contribution < -0.4 is 11.2 Å². The van der Waals surface area contributed by atoms with Gasteiger partial charge in [0.05, 0.1) is 5.69 Å². The van der Waals surface area contributed by atoms with E-state index in [4.69, 9.17) is 5.73 Å². The summed E-state index contributed by atoms with van der Waals surface area (Å²) >= 11 is 0. The molecule has 1 saturated heterocycles. The third kappa shape index (κ3) is 2.27. The number of hydrazine groups is 1. The van der Waals surface area contributed by atoms with Crippen molar-refractivity contribution in [2.45, 2.75) is 45.2 Å². The second-order valence-corrected chi connectivity index (χ2v) is 4.58. The van der Waals surface area contributed by atoms with Crippen molar-refractivity contribution in [3.05, 3.63) is 18.3 Å². The van der Waals surface area contributed by atoms with Crippen LogP contribution in [0, 0.1) is 0 Å². The number of pyridine rings is 1. The van der Waals surface area contributed by atoms with Crippen molar-refractivity contribution in [3.8, 4) is 0 Å². The lowest BCUT2D eigenvalue weighted by molar-refractivity contribution is 0.136. The molecule has 0 spiro atoms. The molecule has 2 atom stereocenters. The summed E-state index contributed by atoms with van der Waals surface area (Å²) in [4.78, 5) is 4.08. The van der Waals surface area contributed by atoms with E-state index in [9.17, 15) is 0 Å². The molecule has 0 bridgehead atoms.